The van der Waals surface area contributed by atoms with Gasteiger partial charge in [-0.05, 0) is 63.2 Å². The third-order valence-corrected chi connectivity index (χ3v) is 5.89. The molecule has 1 atom stereocenters. The highest BCUT2D eigenvalue weighted by molar-refractivity contribution is 5.95. The van der Waals surface area contributed by atoms with Crippen molar-refractivity contribution in [2.45, 2.75) is 57.0 Å². The molecule has 5 aliphatic rings. The van der Waals surface area contributed by atoms with Crippen molar-refractivity contribution >= 4 is 11.8 Å². The van der Waals surface area contributed by atoms with Crippen molar-refractivity contribution in [3.8, 4) is 0 Å². The van der Waals surface area contributed by atoms with Gasteiger partial charge in [-0.1, -0.05) is 0 Å². The molecule has 1 saturated heterocycles. The highest BCUT2D eigenvalue weighted by atomic mass is 16.2. The summed E-state index contributed by atoms with van der Waals surface area (Å²) in [6.45, 7) is 2.10. The molecular weight excluding hydrogens is 240 g/mol. The molecule has 1 unspecified atom stereocenters. The lowest BCUT2D eigenvalue weighted by Crippen LogP contribution is -2.68. The number of hydrogen-bond acceptors (Lipinski definition) is 2. The van der Waals surface area contributed by atoms with Gasteiger partial charge in [0, 0.05) is 5.54 Å². The van der Waals surface area contributed by atoms with Gasteiger partial charge >= 0.3 is 0 Å². The van der Waals surface area contributed by atoms with E-state index in [1.165, 1.54) is 19.3 Å². The van der Waals surface area contributed by atoms with Gasteiger partial charge in [0.25, 0.3) is 0 Å². The van der Waals surface area contributed by atoms with Crippen LogP contribution in [0.2, 0.25) is 0 Å². The van der Waals surface area contributed by atoms with Gasteiger partial charge in [-0.15, -0.1) is 0 Å². The molecule has 1 heterocycles. The molecule has 5 rings (SSSR count). The lowest BCUT2D eigenvalue weighted by atomic mass is 9.52. The second-order valence-corrected chi connectivity index (χ2v) is 7.36. The molecule has 0 aromatic heterocycles. The summed E-state index contributed by atoms with van der Waals surface area (Å²) in [7, 11) is 0. The lowest BCUT2D eigenvalue weighted by molar-refractivity contribution is -0.162. The van der Waals surface area contributed by atoms with Crippen molar-refractivity contribution in [1.82, 2.24) is 10.2 Å². The van der Waals surface area contributed by atoms with Gasteiger partial charge < -0.3 is 10.2 Å². The van der Waals surface area contributed by atoms with Gasteiger partial charge in [-0.3, -0.25) is 9.59 Å². The van der Waals surface area contributed by atoms with Gasteiger partial charge in [-0.25, -0.2) is 0 Å². The van der Waals surface area contributed by atoms with Crippen molar-refractivity contribution in [2.24, 2.45) is 17.8 Å². The number of carbonyl (C=O) groups is 2. The summed E-state index contributed by atoms with van der Waals surface area (Å²) < 4.78 is 0. The molecule has 4 aliphatic carbocycles. The zero-order chi connectivity index (χ0) is 13.2. The third-order valence-electron chi connectivity index (χ3n) is 5.89. The fraction of sp³-hybridized carbons (Fsp3) is 0.867. The Morgan fingerprint density at radius 3 is 2.11 bits per heavy atom. The van der Waals surface area contributed by atoms with Gasteiger partial charge in [-0.2, -0.15) is 0 Å². The van der Waals surface area contributed by atoms with Gasteiger partial charge in [0.1, 0.15) is 12.6 Å². The van der Waals surface area contributed by atoms with Crippen LogP contribution in [0, 0.1) is 17.8 Å². The Morgan fingerprint density at radius 1 is 1.05 bits per heavy atom. The Balaban J connectivity index is 1.67. The Labute approximate surface area is 113 Å². The van der Waals surface area contributed by atoms with Crippen molar-refractivity contribution in [1.29, 1.82) is 0 Å². The minimum atomic E-state index is -0.339. The number of hydrogen-bond donors (Lipinski definition) is 1. The number of rotatable bonds is 1. The van der Waals surface area contributed by atoms with Crippen LogP contribution in [-0.4, -0.2) is 34.8 Å². The van der Waals surface area contributed by atoms with Crippen molar-refractivity contribution < 1.29 is 9.59 Å². The van der Waals surface area contributed by atoms with E-state index in [1.807, 2.05) is 11.8 Å². The number of nitrogens with one attached hydrogen (secondary N) is 1. The maximum Gasteiger partial charge on any atom is 0.245 e. The van der Waals surface area contributed by atoms with Crippen LogP contribution in [0.5, 0.6) is 0 Å². The van der Waals surface area contributed by atoms with E-state index >= 15 is 0 Å². The largest absolute Gasteiger partial charge is 0.343 e. The molecule has 0 radical (unpaired) electrons. The number of piperazine rings is 1. The van der Waals surface area contributed by atoms with Crippen LogP contribution >= 0.6 is 0 Å². The van der Waals surface area contributed by atoms with E-state index in [2.05, 4.69) is 5.32 Å². The molecule has 4 heteroatoms. The summed E-state index contributed by atoms with van der Waals surface area (Å²) in [5, 5.41) is 2.76. The summed E-state index contributed by atoms with van der Waals surface area (Å²) in [5.41, 5.74) is 0.0256. The van der Waals surface area contributed by atoms with Crippen molar-refractivity contribution in [3.63, 3.8) is 0 Å². The normalized spacial score (nSPS) is 48.6. The molecular formula is C15H22N2O2. The predicted molar refractivity (Wildman–Crippen MR) is 70.2 cm³/mol. The van der Waals surface area contributed by atoms with E-state index < -0.39 is 0 Å². The van der Waals surface area contributed by atoms with Crippen LogP contribution in [0.25, 0.3) is 0 Å². The lowest BCUT2D eigenvalue weighted by Gasteiger charge is -2.61. The van der Waals surface area contributed by atoms with E-state index in [4.69, 9.17) is 0 Å². The van der Waals surface area contributed by atoms with E-state index in [0.29, 0.717) is 0 Å². The monoisotopic (exact) mass is 262 g/mol. The summed E-state index contributed by atoms with van der Waals surface area (Å²) in [6.07, 6.45) is 7.52. The third kappa shape index (κ3) is 1.65. The Hall–Kier alpha value is -1.06. The average Bonchev–Trinajstić information content (AvgIpc) is 2.32. The van der Waals surface area contributed by atoms with Crippen molar-refractivity contribution in [3.05, 3.63) is 0 Å². The highest BCUT2D eigenvalue weighted by Crippen LogP contribution is 2.57. The molecule has 0 aromatic rings. The van der Waals surface area contributed by atoms with E-state index in [9.17, 15) is 9.59 Å². The van der Waals surface area contributed by atoms with Crippen LogP contribution in [-0.2, 0) is 9.59 Å². The molecule has 0 aromatic carbocycles. The van der Waals surface area contributed by atoms with Gasteiger partial charge in [0.2, 0.25) is 11.8 Å². The van der Waals surface area contributed by atoms with Crippen LogP contribution < -0.4 is 5.32 Å². The Kier molecular flexibility index (Phi) is 2.31. The van der Waals surface area contributed by atoms with Crippen molar-refractivity contribution in [2.75, 3.05) is 6.54 Å². The first kappa shape index (κ1) is 11.7. The standard InChI is InChI=1S/C15H22N2O2/c1-9-14(19)17(8-13(18)16-9)15-5-10-2-11(6-15)4-12(3-10)7-15/h9-12H,2-8H2,1H3,(H,16,18). The first-order chi connectivity index (χ1) is 9.06. The SMILES string of the molecule is CC1NC(=O)CN(C23CC4CC(CC(C4)C2)C3)C1=O. The summed E-state index contributed by atoms with van der Waals surface area (Å²) in [5.74, 6) is 2.57. The molecule has 4 bridgehead atoms. The quantitative estimate of drug-likeness (QED) is 0.774. The van der Waals surface area contributed by atoms with Crippen LogP contribution in [0.4, 0.5) is 0 Å². The van der Waals surface area contributed by atoms with Crippen LogP contribution in [0.1, 0.15) is 45.4 Å². The second kappa shape index (κ2) is 3.74. The van der Waals surface area contributed by atoms with E-state index in [0.717, 1.165) is 37.0 Å². The second-order valence-electron chi connectivity index (χ2n) is 7.36. The van der Waals surface area contributed by atoms with E-state index in [1.54, 1.807) is 0 Å². The van der Waals surface area contributed by atoms with Gasteiger partial charge in [0.05, 0.1) is 0 Å². The molecule has 104 valence electrons. The minimum Gasteiger partial charge on any atom is -0.343 e. The van der Waals surface area contributed by atoms with Gasteiger partial charge in [0.15, 0.2) is 0 Å². The number of carbonyl (C=O) groups excluding carboxylic acids is 2. The molecule has 5 fully saturated rings. The van der Waals surface area contributed by atoms with E-state index in [-0.39, 0.29) is 29.9 Å². The first-order valence-electron chi connectivity index (χ1n) is 7.66. The number of nitrogens with zero attached hydrogens (tertiary/aromatic N) is 1. The minimum absolute atomic E-state index is 0.0165. The maximum atomic E-state index is 12.5. The molecule has 1 aliphatic heterocycles. The molecule has 0 spiro atoms. The molecule has 4 saturated carbocycles. The highest BCUT2D eigenvalue weighted by Gasteiger charge is 2.56. The predicted octanol–water partition coefficient (Wildman–Crippen LogP) is 1.30. The smallest absolute Gasteiger partial charge is 0.245 e. The molecule has 2 amide bonds. The van der Waals surface area contributed by atoms with Crippen LogP contribution in [0.3, 0.4) is 0 Å². The number of amides is 2. The Bertz CT molecular complexity index is 410. The fourth-order valence-corrected chi connectivity index (χ4v) is 5.60. The first-order valence-corrected chi connectivity index (χ1v) is 7.66. The summed E-state index contributed by atoms with van der Waals surface area (Å²) >= 11 is 0. The average molecular weight is 262 g/mol. The molecule has 1 N–H and O–H groups in total. The molecule has 4 nitrogen and oxygen atoms in total. The zero-order valence-electron chi connectivity index (χ0n) is 11.5. The topological polar surface area (TPSA) is 49.4 Å². The molecule has 19 heavy (non-hydrogen) atoms. The maximum absolute atomic E-state index is 12.5. The fourth-order valence-electron chi connectivity index (χ4n) is 5.60. The zero-order valence-corrected chi connectivity index (χ0v) is 11.5. The van der Waals surface area contributed by atoms with Crippen LogP contribution in [0.15, 0.2) is 0 Å². The summed E-state index contributed by atoms with van der Waals surface area (Å²) in [4.78, 5) is 26.3. The Morgan fingerprint density at radius 2 is 1.58 bits per heavy atom. The summed E-state index contributed by atoms with van der Waals surface area (Å²) in [6, 6.07) is -0.339.